The van der Waals surface area contributed by atoms with Crippen LogP contribution < -0.4 is 26.0 Å². The Bertz CT molecular complexity index is 1150. The molecule has 0 unspecified atom stereocenters. The lowest BCUT2D eigenvalue weighted by Crippen LogP contribution is -2.74. The number of fused-ring (bicyclic) bond motifs is 1. The van der Waals surface area contributed by atoms with Crippen molar-refractivity contribution in [1.82, 2.24) is 25.9 Å². The standard InChI is InChI=1S/C22H24ClFN6O2/c1-25-21(31)22(10-26-11-22)29-7-6-13-8-14-17(9-18(13)32-2)27-12-28-20(14)30-16-5-3-4-15(23)19(16)24/h3-5,8-9,12,26,29H,6-7,10-11H2,1-2H3,(H,25,31)(H,27,28,30). The summed E-state index contributed by atoms with van der Waals surface area (Å²) in [5.74, 6) is 0.550. The van der Waals surface area contributed by atoms with Crippen LogP contribution in [0.25, 0.3) is 10.9 Å². The van der Waals surface area contributed by atoms with Crippen LogP contribution in [0.2, 0.25) is 5.02 Å². The van der Waals surface area contributed by atoms with Crippen molar-refractivity contribution in [3.63, 3.8) is 0 Å². The first-order chi connectivity index (χ1) is 15.5. The van der Waals surface area contributed by atoms with Crippen molar-refractivity contribution in [3.05, 3.63) is 53.1 Å². The molecule has 1 aliphatic heterocycles. The Labute approximate surface area is 189 Å². The SMILES string of the molecule is CNC(=O)C1(NCCc2cc3c(Nc4cccc(Cl)c4F)ncnc3cc2OC)CNC1. The Kier molecular flexibility index (Phi) is 6.40. The molecule has 168 valence electrons. The Morgan fingerprint density at radius 1 is 1.31 bits per heavy atom. The van der Waals surface area contributed by atoms with Gasteiger partial charge in [-0.15, -0.1) is 0 Å². The van der Waals surface area contributed by atoms with Gasteiger partial charge in [-0.25, -0.2) is 14.4 Å². The largest absolute Gasteiger partial charge is 0.496 e. The van der Waals surface area contributed by atoms with Crippen LogP contribution in [0.1, 0.15) is 5.56 Å². The summed E-state index contributed by atoms with van der Waals surface area (Å²) < 4.78 is 20.0. The third-order valence-corrected chi connectivity index (χ3v) is 5.91. The van der Waals surface area contributed by atoms with Crippen molar-refractivity contribution in [2.24, 2.45) is 0 Å². The fourth-order valence-electron chi connectivity index (χ4n) is 3.76. The Balaban J connectivity index is 1.61. The number of methoxy groups -OCH3 is 1. The fraction of sp³-hybridized carbons (Fsp3) is 0.318. The number of hydrogen-bond donors (Lipinski definition) is 4. The van der Waals surface area contributed by atoms with Gasteiger partial charge < -0.3 is 26.0 Å². The summed E-state index contributed by atoms with van der Waals surface area (Å²) in [5, 5.41) is 13.0. The second-order valence-corrected chi connectivity index (χ2v) is 7.98. The lowest BCUT2D eigenvalue weighted by molar-refractivity contribution is -0.129. The summed E-state index contributed by atoms with van der Waals surface area (Å²) in [6.07, 6.45) is 2.02. The molecular weight excluding hydrogens is 435 g/mol. The zero-order valence-electron chi connectivity index (χ0n) is 17.8. The molecule has 1 amide bonds. The predicted molar refractivity (Wildman–Crippen MR) is 122 cm³/mol. The first-order valence-corrected chi connectivity index (χ1v) is 10.6. The number of carbonyl (C=O) groups excluding carboxylic acids is 1. The molecule has 0 saturated carbocycles. The van der Waals surface area contributed by atoms with Crippen molar-refractivity contribution in [1.29, 1.82) is 0 Å². The number of anilines is 2. The Hall–Kier alpha value is -3.01. The summed E-state index contributed by atoms with van der Waals surface area (Å²) >= 11 is 5.90. The van der Waals surface area contributed by atoms with Crippen LogP contribution in [0.5, 0.6) is 5.75 Å². The van der Waals surface area contributed by atoms with E-state index in [2.05, 4.69) is 31.2 Å². The molecule has 0 radical (unpaired) electrons. The maximum absolute atomic E-state index is 14.4. The average Bonchev–Trinajstić information content (AvgIpc) is 2.78. The number of benzene rings is 2. The van der Waals surface area contributed by atoms with E-state index < -0.39 is 11.4 Å². The topological polar surface area (TPSA) is 100 Å². The third kappa shape index (κ3) is 4.19. The van der Waals surface area contributed by atoms with Gasteiger partial charge in [0, 0.05) is 38.1 Å². The number of hydrogen-bond acceptors (Lipinski definition) is 7. The number of ether oxygens (including phenoxy) is 1. The summed E-state index contributed by atoms with van der Waals surface area (Å²) in [5.41, 5.74) is 1.19. The van der Waals surface area contributed by atoms with Crippen molar-refractivity contribution >= 4 is 39.9 Å². The highest BCUT2D eigenvalue weighted by molar-refractivity contribution is 6.31. The van der Waals surface area contributed by atoms with Crippen LogP contribution in [0.15, 0.2) is 36.7 Å². The van der Waals surface area contributed by atoms with Gasteiger partial charge >= 0.3 is 0 Å². The van der Waals surface area contributed by atoms with Gasteiger partial charge in [-0.2, -0.15) is 0 Å². The van der Waals surface area contributed by atoms with E-state index in [1.165, 1.54) is 12.4 Å². The third-order valence-electron chi connectivity index (χ3n) is 5.62. The molecule has 3 aromatic rings. The molecule has 0 atom stereocenters. The van der Waals surface area contributed by atoms with E-state index >= 15 is 0 Å². The predicted octanol–water partition coefficient (Wildman–Crippen LogP) is 2.39. The van der Waals surface area contributed by atoms with E-state index in [4.69, 9.17) is 16.3 Å². The van der Waals surface area contributed by atoms with Gasteiger partial charge in [0.2, 0.25) is 5.91 Å². The van der Waals surface area contributed by atoms with E-state index in [9.17, 15) is 9.18 Å². The molecule has 0 aliphatic carbocycles. The molecule has 2 aromatic carbocycles. The highest BCUT2D eigenvalue weighted by Gasteiger charge is 2.43. The smallest absolute Gasteiger partial charge is 0.242 e. The van der Waals surface area contributed by atoms with Crippen LogP contribution in [0.3, 0.4) is 0 Å². The number of nitrogens with one attached hydrogen (secondary N) is 4. The molecule has 4 N–H and O–H groups in total. The molecule has 1 saturated heterocycles. The lowest BCUT2D eigenvalue weighted by atomic mass is 9.91. The van der Waals surface area contributed by atoms with Gasteiger partial charge in [-0.1, -0.05) is 17.7 Å². The van der Waals surface area contributed by atoms with Crippen molar-refractivity contribution in [2.45, 2.75) is 12.0 Å². The first kappa shape index (κ1) is 22.2. The average molecular weight is 459 g/mol. The van der Waals surface area contributed by atoms with Crippen LogP contribution in [0, 0.1) is 5.82 Å². The van der Waals surface area contributed by atoms with Crippen molar-refractivity contribution in [2.75, 3.05) is 39.1 Å². The first-order valence-electron chi connectivity index (χ1n) is 10.2. The summed E-state index contributed by atoms with van der Waals surface area (Å²) in [6.45, 7) is 1.72. The maximum atomic E-state index is 14.4. The second kappa shape index (κ2) is 9.23. The molecule has 1 fully saturated rings. The number of halogens is 2. The quantitative estimate of drug-likeness (QED) is 0.411. The van der Waals surface area contributed by atoms with Gasteiger partial charge in [0.05, 0.1) is 23.3 Å². The van der Waals surface area contributed by atoms with Gasteiger partial charge in [0.25, 0.3) is 0 Å². The monoisotopic (exact) mass is 458 g/mol. The van der Waals surface area contributed by atoms with Crippen LogP contribution >= 0.6 is 11.6 Å². The zero-order chi connectivity index (χ0) is 22.7. The molecule has 1 aliphatic rings. The van der Waals surface area contributed by atoms with Crippen molar-refractivity contribution in [3.8, 4) is 5.75 Å². The van der Waals surface area contributed by atoms with Crippen molar-refractivity contribution < 1.29 is 13.9 Å². The highest BCUT2D eigenvalue weighted by atomic mass is 35.5. The molecule has 10 heteroatoms. The van der Waals surface area contributed by atoms with Crippen LogP contribution in [-0.4, -0.2) is 55.2 Å². The molecule has 0 spiro atoms. The summed E-state index contributed by atoms with van der Waals surface area (Å²) in [4.78, 5) is 20.8. The second-order valence-electron chi connectivity index (χ2n) is 7.57. The Morgan fingerprint density at radius 3 is 2.81 bits per heavy atom. The number of nitrogens with zero attached hydrogens (tertiary/aromatic N) is 2. The van der Waals surface area contributed by atoms with E-state index in [1.54, 1.807) is 26.3 Å². The maximum Gasteiger partial charge on any atom is 0.242 e. The number of aromatic nitrogens is 2. The number of rotatable bonds is 8. The molecule has 4 rings (SSSR count). The lowest BCUT2D eigenvalue weighted by Gasteiger charge is -2.41. The molecule has 2 heterocycles. The highest BCUT2D eigenvalue weighted by Crippen LogP contribution is 2.31. The molecule has 0 bridgehead atoms. The minimum absolute atomic E-state index is 0.0253. The zero-order valence-corrected chi connectivity index (χ0v) is 18.5. The van der Waals surface area contributed by atoms with Gasteiger partial charge in [0.15, 0.2) is 5.82 Å². The number of carbonyl (C=O) groups is 1. The molecular formula is C22H24ClFN6O2. The minimum atomic E-state index is -0.598. The normalized spacial score (nSPS) is 14.6. The summed E-state index contributed by atoms with van der Waals surface area (Å²) in [6, 6.07) is 8.49. The van der Waals surface area contributed by atoms with Gasteiger partial charge in [-0.3, -0.25) is 4.79 Å². The van der Waals surface area contributed by atoms with Gasteiger partial charge in [0.1, 0.15) is 23.4 Å². The summed E-state index contributed by atoms with van der Waals surface area (Å²) in [7, 11) is 3.23. The van der Waals surface area contributed by atoms with E-state index in [0.717, 1.165) is 5.56 Å². The Morgan fingerprint density at radius 2 is 2.12 bits per heavy atom. The number of amides is 1. The van der Waals surface area contributed by atoms with E-state index in [1.807, 2.05) is 12.1 Å². The van der Waals surface area contributed by atoms with Crippen LogP contribution in [0.4, 0.5) is 15.9 Å². The molecule has 1 aromatic heterocycles. The molecule has 8 nitrogen and oxygen atoms in total. The van der Waals surface area contributed by atoms with E-state index in [-0.39, 0.29) is 16.6 Å². The molecule has 32 heavy (non-hydrogen) atoms. The minimum Gasteiger partial charge on any atom is -0.496 e. The van der Waals surface area contributed by atoms with Gasteiger partial charge in [-0.05, 0) is 30.2 Å². The van der Waals surface area contributed by atoms with Crippen LogP contribution in [-0.2, 0) is 11.2 Å². The van der Waals surface area contributed by atoms with E-state index in [0.29, 0.717) is 48.5 Å². The number of likely N-dealkylation sites (N-methyl/N-ethyl adjacent to an activating group) is 1. The fourth-order valence-corrected chi connectivity index (χ4v) is 3.93.